The number of hydrogen-bond acceptors (Lipinski definition) is 4. The quantitative estimate of drug-likeness (QED) is 0.394. The maximum absolute atomic E-state index is 13.2. The summed E-state index contributed by atoms with van der Waals surface area (Å²) in [6.07, 6.45) is 0. The molecule has 0 spiro atoms. The summed E-state index contributed by atoms with van der Waals surface area (Å²) >= 11 is 0. The summed E-state index contributed by atoms with van der Waals surface area (Å²) in [5, 5.41) is 0. The summed E-state index contributed by atoms with van der Waals surface area (Å²) in [5.41, 5.74) is 5.69. The van der Waals surface area contributed by atoms with E-state index >= 15 is 0 Å². The van der Waals surface area contributed by atoms with Gasteiger partial charge in [-0.05, 0) is 67.8 Å². The lowest BCUT2D eigenvalue weighted by atomic mass is 10.1. The minimum Gasteiger partial charge on any atom is -0.368 e. The van der Waals surface area contributed by atoms with E-state index in [0.29, 0.717) is 25.2 Å². The molecule has 0 bridgehead atoms. The largest absolute Gasteiger partial charge is 0.368 e. The molecule has 3 aromatic carbocycles. The Kier molecular flexibility index (Phi) is 6.70. The predicted octanol–water partition coefficient (Wildman–Crippen LogP) is 3.81. The maximum atomic E-state index is 13.2. The number of benzene rings is 3. The van der Waals surface area contributed by atoms with Crippen molar-refractivity contribution in [1.82, 2.24) is 14.0 Å². The molecule has 0 unspecified atom stereocenters. The van der Waals surface area contributed by atoms with E-state index < -0.39 is 11.1 Å². The van der Waals surface area contributed by atoms with Crippen LogP contribution in [0.5, 0.6) is 0 Å². The van der Waals surface area contributed by atoms with Gasteiger partial charge in [0, 0.05) is 44.0 Å². The number of anilines is 1. The first-order valence-electron chi connectivity index (χ1n) is 12.8. The molecule has 0 saturated carbocycles. The summed E-state index contributed by atoms with van der Waals surface area (Å²) in [5.74, 6) is 0.0142. The van der Waals surface area contributed by atoms with Crippen LogP contribution in [0.15, 0.2) is 76.3 Å². The summed E-state index contributed by atoms with van der Waals surface area (Å²) in [6, 6.07) is 21.2. The molecule has 4 aromatic rings. The molecule has 37 heavy (non-hydrogen) atoms. The van der Waals surface area contributed by atoms with E-state index in [1.165, 1.54) is 25.9 Å². The van der Waals surface area contributed by atoms with E-state index in [0.717, 1.165) is 29.7 Å². The number of rotatable bonds is 5. The first-order valence-corrected chi connectivity index (χ1v) is 12.8. The van der Waals surface area contributed by atoms with Crippen LogP contribution >= 0.6 is 0 Å². The molecule has 1 saturated heterocycles. The lowest BCUT2D eigenvalue weighted by Crippen LogP contribution is -2.49. The van der Waals surface area contributed by atoms with Gasteiger partial charge < -0.3 is 14.4 Å². The number of para-hydroxylation sites is 2. The fourth-order valence-corrected chi connectivity index (χ4v) is 5.19. The van der Waals surface area contributed by atoms with E-state index in [1.54, 1.807) is 0 Å². The van der Waals surface area contributed by atoms with Crippen LogP contribution in [0.3, 0.4) is 0 Å². The first-order chi connectivity index (χ1) is 17.9. The number of nitrogens with zero attached hydrogens (tertiary/aromatic N) is 4. The van der Waals surface area contributed by atoms with Crippen LogP contribution in [0, 0.1) is 13.8 Å². The Hall–Kier alpha value is -4.13. The van der Waals surface area contributed by atoms with Crippen LogP contribution in [0.4, 0.5) is 5.69 Å². The molecule has 0 aliphatic carbocycles. The first kappa shape index (κ1) is 24.6. The highest BCUT2D eigenvalue weighted by molar-refractivity contribution is 5.94. The third kappa shape index (κ3) is 4.57. The van der Waals surface area contributed by atoms with Crippen LogP contribution in [-0.4, -0.2) is 46.1 Å². The molecule has 1 amide bonds. The number of aryl methyl sites for hydroxylation is 2. The predicted molar refractivity (Wildman–Crippen MR) is 148 cm³/mol. The van der Waals surface area contributed by atoms with Gasteiger partial charge in [-0.3, -0.25) is 19.0 Å². The van der Waals surface area contributed by atoms with Crippen molar-refractivity contribution >= 4 is 22.6 Å². The normalized spacial score (nSPS) is 13.8. The number of hydrogen-bond donors (Lipinski definition) is 0. The van der Waals surface area contributed by atoms with Gasteiger partial charge in [0.2, 0.25) is 0 Å². The molecule has 0 atom stereocenters. The zero-order chi connectivity index (χ0) is 26.1. The average molecular weight is 497 g/mol. The van der Waals surface area contributed by atoms with Crippen LogP contribution in [0.1, 0.15) is 34.0 Å². The van der Waals surface area contributed by atoms with Crippen LogP contribution in [-0.2, 0) is 13.1 Å². The Morgan fingerprint density at radius 1 is 0.757 bits per heavy atom. The Bertz CT molecular complexity index is 1580. The highest BCUT2D eigenvalue weighted by Gasteiger charge is 2.23. The highest BCUT2D eigenvalue weighted by Crippen LogP contribution is 2.24. The molecule has 5 rings (SSSR count). The maximum Gasteiger partial charge on any atom is 0.317 e. The molecule has 190 valence electrons. The summed E-state index contributed by atoms with van der Waals surface area (Å²) in [6.45, 7) is 9.77. The van der Waals surface area contributed by atoms with Crippen molar-refractivity contribution in [2.24, 2.45) is 0 Å². The van der Waals surface area contributed by atoms with Crippen molar-refractivity contribution in [3.05, 3.63) is 110 Å². The monoisotopic (exact) mass is 496 g/mol. The Morgan fingerprint density at radius 2 is 1.38 bits per heavy atom. The van der Waals surface area contributed by atoms with Gasteiger partial charge in [-0.2, -0.15) is 0 Å². The summed E-state index contributed by atoms with van der Waals surface area (Å²) in [4.78, 5) is 43.0. The SMILES string of the molecule is CCn1c(=O)c(=O)n(Cc2ccc(C(=O)N3CCN(c4cccc(C)c4C)CC3)cc2)c2ccccc21. The van der Waals surface area contributed by atoms with E-state index in [-0.39, 0.29) is 12.5 Å². The lowest BCUT2D eigenvalue weighted by Gasteiger charge is -2.37. The van der Waals surface area contributed by atoms with Crippen molar-refractivity contribution in [2.75, 3.05) is 31.1 Å². The molecule has 7 heteroatoms. The number of piperazine rings is 1. The minimum absolute atomic E-state index is 0.0142. The van der Waals surface area contributed by atoms with Gasteiger partial charge in [-0.25, -0.2) is 0 Å². The topological polar surface area (TPSA) is 67.5 Å². The Balaban J connectivity index is 1.31. The van der Waals surface area contributed by atoms with Gasteiger partial charge in [0.15, 0.2) is 0 Å². The standard InChI is InChI=1S/C30H32N4O3/c1-4-33-26-9-5-6-10-27(26)34(30(37)29(33)36)20-23-12-14-24(15-13-23)28(35)32-18-16-31(17-19-32)25-11-7-8-21(2)22(25)3/h5-15H,4,16-20H2,1-3H3. The van der Waals surface area contributed by atoms with Crippen LogP contribution in [0.2, 0.25) is 0 Å². The van der Waals surface area contributed by atoms with Crippen molar-refractivity contribution < 1.29 is 4.79 Å². The second kappa shape index (κ2) is 10.1. The van der Waals surface area contributed by atoms with E-state index in [4.69, 9.17) is 0 Å². The zero-order valence-electron chi connectivity index (χ0n) is 21.6. The van der Waals surface area contributed by atoms with Gasteiger partial charge in [-0.15, -0.1) is 0 Å². The molecule has 1 fully saturated rings. The molecule has 1 aromatic heterocycles. The number of carbonyl (C=O) groups excluding carboxylic acids is 1. The van der Waals surface area contributed by atoms with Gasteiger partial charge in [0.25, 0.3) is 5.91 Å². The smallest absolute Gasteiger partial charge is 0.317 e. The molecule has 1 aliphatic heterocycles. The number of carbonyl (C=O) groups is 1. The Morgan fingerprint density at radius 3 is 2.03 bits per heavy atom. The fourth-order valence-electron chi connectivity index (χ4n) is 5.19. The molecule has 2 heterocycles. The van der Waals surface area contributed by atoms with Crippen molar-refractivity contribution in [1.29, 1.82) is 0 Å². The van der Waals surface area contributed by atoms with Gasteiger partial charge in [-0.1, -0.05) is 36.4 Å². The molecular formula is C30H32N4O3. The Labute approximate surface area is 216 Å². The van der Waals surface area contributed by atoms with Crippen molar-refractivity contribution in [3.8, 4) is 0 Å². The highest BCUT2D eigenvalue weighted by atomic mass is 16.2. The average Bonchev–Trinajstić information content (AvgIpc) is 2.93. The molecule has 1 aliphatic rings. The summed E-state index contributed by atoms with van der Waals surface area (Å²) in [7, 11) is 0. The molecular weight excluding hydrogens is 464 g/mol. The van der Waals surface area contributed by atoms with Crippen molar-refractivity contribution in [3.63, 3.8) is 0 Å². The zero-order valence-corrected chi connectivity index (χ0v) is 21.6. The lowest BCUT2D eigenvalue weighted by molar-refractivity contribution is 0.0746. The minimum atomic E-state index is -0.539. The molecule has 0 N–H and O–H groups in total. The number of fused-ring (bicyclic) bond motifs is 1. The third-order valence-corrected chi connectivity index (χ3v) is 7.48. The van der Waals surface area contributed by atoms with Crippen LogP contribution < -0.4 is 16.0 Å². The van der Waals surface area contributed by atoms with Gasteiger partial charge >= 0.3 is 11.1 Å². The molecule has 0 radical (unpaired) electrons. The molecule has 7 nitrogen and oxygen atoms in total. The second-order valence-corrected chi connectivity index (χ2v) is 9.62. The van der Waals surface area contributed by atoms with E-state index in [9.17, 15) is 14.4 Å². The second-order valence-electron chi connectivity index (χ2n) is 9.62. The van der Waals surface area contributed by atoms with E-state index in [2.05, 4.69) is 36.9 Å². The van der Waals surface area contributed by atoms with Crippen molar-refractivity contribution in [2.45, 2.75) is 33.9 Å². The van der Waals surface area contributed by atoms with Gasteiger partial charge in [0.05, 0.1) is 17.6 Å². The van der Waals surface area contributed by atoms with Gasteiger partial charge in [0.1, 0.15) is 0 Å². The van der Waals surface area contributed by atoms with Crippen LogP contribution in [0.25, 0.3) is 11.0 Å². The number of aromatic nitrogens is 2. The summed E-state index contributed by atoms with van der Waals surface area (Å²) < 4.78 is 3.03. The number of amides is 1. The van der Waals surface area contributed by atoms with E-state index in [1.807, 2.05) is 60.4 Å². The fraction of sp³-hybridized carbons (Fsp3) is 0.300. The third-order valence-electron chi connectivity index (χ3n) is 7.48.